The Hall–Kier alpha value is -3.89. The predicted octanol–water partition coefficient (Wildman–Crippen LogP) is 3.97. The normalized spacial score (nSPS) is 13.6. The summed E-state index contributed by atoms with van der Waals surface area (Å²) in [6.07, 6.45) is 0. The van der Waals surface area contributed by atoms with Gasteiger partial charge in [-0.15, -0.1) is 11.3 Å². The number of anilines is 3. The van der Waals surface area contributed by atoms with Crippen molar-refractivity contribution in [2.24, 2.45) is 0 Å². The van der Waals surface area contributed by atoms with E-state index in [9.17, 15) is 9.59 Å². The molecule has 0 radical (unpaired) electrons. The van der Waals surface area contributed by atoms with Crippen molar-refractivity contribution in [3.05, 3.63) is 65.0 Å². The van der Waals surface area contributed by atoms with Gasteiger partial charge in [-0.05, 0) is 48.5 Å². The largest absolute Gasteiger partial charge is 0.497 e. The molecule has 1 saturated heterocycles. The van der Waals surface area contributed by atoms with Gasteiger partial charge in [-0.1, -0.05) is 6.07 Å². The van der Waals surface area contributed by atoms with Gasteiger partial charge >= 0.3 is 0 Å². The molecule has 2 aromatic carbocycles. The number of amides is 2. The summed E-state index contributed by atoms with van der Waals surface area (Å²) < 4.78 is 10.6. The fourth-order valence-electron chi connectivity index (χ4n) is 3.74. The Balaban J connectivity index is 1.27. The van der Waals surface area contributed by atoms with Gasteiger partial charge in [-0.3, -0.25) is 14.7 Å². The molecule has 3 N–H and O–H groups in total. The van der Waals surface area contributed by atoms with Crippen molar-refractivity contribution in [1.82, 2.24) is 10.2 Å². The summed E-state index contributed by atoms with van der Waals surface area (Å²) in [5.74, 6) is 0.420. The number of aromatic amines is 1. The van der Waals surface area contributed by atoms with Gasteiger partial charge in [0.25, 0.3) is 11.8 Å². The molecule has 3 heterocycles. The second-order valence-corrected chi connectivity index (χ2v) is 8.76. The van der Waals surface area contributed by atoms with Crippen molar-refractivity contribution in [2.75, 3.05) is 48.9 Å². The van der Waals surface area contributed by atoms with Crippen LogP contribution in [0.2, 0.25) is 0 Å². The lowest BCUT2D eigenvalue weighted by molar-refractivity contribution is 0.102. The minimum Gasteiger partial charge on any atom is -0.497 e. The third-order valence-electron chi connectivity index (χ3n) is 5.55. The molecule has 2 amide bonds. The van der Waals surface area contributed by atoms with Gasteiger partial charge in [0.15, 0.2) is 5.82 Å². The number of hydrogen-bond donors (Lipinski definition) is 3. The third kappa shape index (κ3) is 4.59. The lowest BCUT2D eigenvalue weighted by atomic mass is 10.2. The average molecular weight is 478 g/mol. The molecule has 174 valence electrons. The van der Waals surface area contributed by atoms with E-state index >= 15 is 0 Å². The number of morpholine rings is 1. The summed E-state index contributed by atoms with van der Waals surface area (Å²) in [5.41, 5.74) is 2.26. The number of carbonyl (C=O) groups is 2. The summed E-state index contributed by atoms with van der Waals surface area (Å²) >= 11 is 1.28. The molecule has 0 atom stereocenters. The summed E-state index contributed by atoms with van der Waals surface area (Å²) in [7, 11) is 1.55. The van der Waals surface area contributed by atoms with Crippen molar-refractivity contribution < 1.29 is 19.1 Å². The van der Waals surface area contributed by atoms with Gasteiger partial charge in [0.1, 0.15) is 10.6 Å². The first kappa shape index (κ1) is 21.9. The van der Waals surface area contributed by atoms with Gasteiger partial charge in [0, 0.05) is 30.0 Å². The molecular formula is C24H23N5O4S. The van der Waals surface area contributed by atoms with Crippen molar-refractivity contribution in [1.29, 1.82) is 0 Å². The van der Waals surface area contributed by atoms with Crippen LogP contribution in [0.1, 0.15) is 20.0 Å². The van der Waals surface area contributed by atoms with E-state index in [1.165, 1.54) is 11.3 Å². The summed E-state index contributed by atoms with van der Waals surface area (Å²) in [4.78, 5) is 28.9. The maximum Gasteiger partial charge on any atom is 0.265 e. The molecule has 5 rings (SSSR count). The Morgan fingerprint density at radius 2 is 1.85 bits per heavy atom. The van der Waals surface area contributed by atoms with E-state index in [0.717, 1.165) is 32.0 Å². The van der Waals surface area contributed by atoms with Gasteiger partial charge < -0.3 is 25.0 Å². The Bertz CT molecular complexity index is 1320. The van der Waals surface area contributed by atoms with Crippen LogP contribution in [0.3, 0.4) is 0 Å². The van der Waals surface area contributed by atoms with Gasteiger partial charge in [0.2, 0.25) is 0 Å². The maximum absolute atomic E-state index is 12.8. The summed E-state index contributed by atoms with van der Waals surface area (Å²) in [6, 6.07) is 16.4. The molecular weight excluding hydrogens is 454 g/mol. The van der Waals surface area contributed by atoms with Gasteiger partial charge in [-0.25, -0.2) is 0 Å². The molecule has 1 aliphatic heterocycles. The van der Waals surface area contributed by atoms with E-state index in [2.05, 4.69) is 25.7 Å². The molecule has 0 bridgehead atoms. The number of rotatable bonds is 6. The molecule has 1 aliphatic rings. The minimum atomic E-state index is -0.315. The Labute approximate surface area is 199 Å². The number of hydrogen-bond acceptors (Lipinski definition) is 7. The highest BCUT2D eigenvalue weighted by atomic mass is 32.1. The predicted molar refractivity (Wildman–Crippen MR) is 132 cm³/mol. The zero-order valence-electron chi connectivity index (χ0n) is 18.5. The van der Waals surface area contributed by atoms with E-state index in [1.807, 2.05) is 24.3 Å². The van der Waals surface area contributed by atoms with Crippen LogP contribution in [-0.2, 0) is 4.74 Å². The van der Waals surface area contributed by atoms with Gasteiger partial charge in [-0.2, -0.15) is 5.10 Å². The zero-order chi connectivity index (χ0) is 23.5. The highest BCUT2D eigenvalue weighted by Crippen LogP contribution is 2.30. The number of H-pyrrole nitrogens is 1. The number of methoxy groups -OCH3 is 1. The summed E-state index contributed by atoms with van der Waals surface area (Å²) in [5, 5.41) is 13.5. The SMILES string of the molecule is COc1cccc(C(=O)Nc2n[nH]c3sc(C(=O)Nc4ccc(N5CCOCC5)cc4)cc23)c1. The van der Waals surface area contributed by atoms with Crippen molar-refractivity contribution in [2.45, 2.75) is 0 Å². The van der Waals surface area contributed by atoms with E-state index in [4.69, 9.17) is 9.47 Å². The molecule has 0 saturated carbocycles. The van der Waals surface area contributed by atoms with Crippen LogP contribution < -0.4 is 20.3 Å². The van der Waals surface area contributed by atoms with Crippen molar-refractivity contribution in [3.8, 4) is 5.75 Å². The monoisotopic (exact) mass is 477 g/mol. The average Bonchev–Trinajstić information content (AvgIpc) is 3.47. The van der Waals surface area contributed by atoms with Crippen LogP contribution in [0.25, 0.3) is 10.2 Å². The minimum absolute atomic E-state index is 0.223. The Kier molecular flexibility index (Phi) is 6.15. The van der Waals surface area contributed by atoms with Crippen LogP contribution in [0.4, 0.5) is 17.2 Å². The number of aromatic nitrogens is 2. The smallest absolute Gasteiger partial charge is 0.265 e. The fourth-order valence-corrected chi connectivity index (χ4v) is 4.64. The summed E-state index contributed by atoms with van der Waals surface area (Å²) in [6.45, 7) is 3.16. The van der Waals surface area contributed by atoms with Crippen molar-refractivity contribution in [3.63, 3.8) is 0 Å². The Morgan fingerprint density at radius 1 is 1.06 bits per heavy atom. The van der Waals surface area contributed by atoms with Crippen LogP contribution in [-0.4, -0.2) is 55.4 Å². The zero-order valence-corrected chi connectivity index (χ0v) is 19.3. The second kappa shape index (κ2) is 9.54. The lowest BCUT2D eigenvalue weighted by Gasteiger charge is -2.28. The number of benzene rings is 2. The Morgan fingerprint density at radius 3 is 2.62 bits per heavy atom. The van der Waals surface area contributed by atoms with Crippen molar-refractivity contribution >= 4 is 50.6 Å². The third-order valence-corrected chi connectivity index (χ3v) is 6.58. The number of fused-ring (bicyclic) bond motifs is 1. The molecule has 0 spiro atoms. The fraction of sp³-hybridized carbons (Fsp3) is 0.208. The van der Waals surface area contributed by atoms with E-state index < -0.39 is 0 Å². The first-order valence-corrected chi connectivity index (χ1v) is 11.6. The standard InChI is InChI=1S/C24H23N5O4S/c1-32-18-4-2-3-15(13-18)22(30)26-21-19-14-20(34-24(19)28-27-21)23(31)25-16-5-7-17(8-6-16)29-9-11-33-12-10-29/h2-8,13-14H,9-12H2,1H3,(H,25,31)(H2,26,27,28,30). The van der Waals surface area contributed by atoms with E-state index in [1.54, 1.807) is 37.4 Å². The topological polar surface area (TPSA) is 109 Å². The number of nitrogens with zero attached hydrogens (tertiary/aromatic N) is 2. The first-order chi connectivity index (χ1) is 16.6. The number of thiophene rings is 1. The molecule has 9 nitrogen and oxygen atoms in total. The van der Waals surface area contributed by atoms with Gasteiger partial charge in [0.05, 0.1) is 30.6 Å². The van der Waals surface area contributed by atoms with Crippen LogP contribution >= 0.6 is 11.3 Å². The van der Waals surface area contributed by atoms with E-state index in [0.29, 0.717) is 37.9 Å². The molecule has 10 heteroatoms. The first-order valence-electron chi connectivity index (χ1n) is 10.8. The quantitative estimate of drug-likeness (QED) is 0.388. The number of nitrogens with one attached hydrogen (secondary N) is 3. The highest BCUT2D eigenvalue weighted by Gasteiger charge is 2.18. The number of ether oxygens (including phenoxy) is 2. The highest BCUT2D eigenvalue weighted by molar-refractivity contribution is 7.20. The van der Waals surface area contributed by atoms with E-state index in [-0.39, 0.29) is 11.8 Å². The molecule has 2 aromatic heterocycles. The molecule has 34 heavy (non-hydrogen) atoms. The molecule has 1 fully saturated rings. The van der Waals surface area contributed by atoms with Crippen LogP contribution in [0.15, 0.2) is 54.6 Å². The van der Waals surface area contributed by atoms with Crippen LogP contribution in [0.5, 0.6) is 5.75 Å². The molecule has 0 aliphatic carbocycles. The van der Waals surface area contributed by atoms with Crippen LogP contribution in [0, 0.1) is 0 Å². The second-order valence-electron chi connectivity index (χ2n) is 7.71. The maximum atomic E-state index is 12.8. The molecule has 0 unspecified atom stereocenters. The number of carbonyl (C=O) groups excluding carboxylic acids is 2. The molecule has 4 aromatic rings. The lowest BCUT2D eigenvalue weighted by Crippen LogP contribution is -2.36.